The molecule has 0 spiro atoms. The third-order valence-corrected chi connectivity index (χ3v) is 7.69. The normalized spacial score (nSPS) is 15.7. The molecule has 1 aliphatic heterocycles. The van der Waals surface area contributed by atoms with Gasteiger partial charge in [-0.15, -0.1) is 0 Å². The van der Waals surface area contributed by atoms with Crippen molar-refractivity contribution in [1.82, 2.24) is 19.7 Å². The van der Waals surface area contributed by atoms with Crippen LogP contribution < -0.4 is 4.87 Å². The van der Waals surface area contributed by atoms with Crippen molar-refractivity contribution < 1.29 is 13.9 Å². The smallest absolute Gasteiger partial charge is 0.305 e. The molecule has 5 aromatic rings. The average molecular weight is 579 g/mol. The van der Waals surface area contributed by atoms with Crippen molar-refractivity contribution in [1.29, 1.82) is 0 Å². The number of nitrogens with zero attached hydrogens (tertiary/aromatic N) is 3. The second-order valence-corrected chi connectivity index (χ2v) is 10.6. The van der Waals surface area contributed by atoms with Gasteiger partial charge in [-0.05, 0) is 72.6 Å². The molecule has 1 aliphatic rings. The number of nitrogens with one attached hydrogen (secondary N) is 1. The van der Waals surface area contributed by atoms with Crippen molar-refractivity contribution >= 4 is 43.4 Å². The summed E-state index contributed by atoms with van der Waals surface area (Å²) in [5.74, 6) is -0.449. The summed E-state index contributed by atoms with van der Waals surface area (Å²) >= 11 is 4.62. The Hall–Kier alpha value is -3.60. The lowest BCUT2D eigenvalue weighted by Gasteiger charge is -2.23. The minimum Gasteiger partial charge on any atom is -0.344 e. The van der Waals surface area contributed by atoms with E-state index in [-0.39, 0.29) is 23.2 Å². The molecular formula is C27H20BrFN4O3S. The summed E-state index contributed by atoms with van der Waals surface area (Å²) in [6.45, 7) is 0.399. The number of rotatable bonds is 6. The number of hydrogen-bond donors (Lipinski definition) is 1. The fraction of sp³-hybridized carbons (Fsp3) is 0.148. The van der Waals surface area contributed by atoms with Crippen LogP contribution in [0.15, 0.2) is 82.2 Å². The summed E-state index contributed by atoms with van der Waals surface area (Å²) in [5, 5.41) is 4.80. The van der Waals surface area contributed by atoms with Crippen molar-refractivity contribution in [2.24, 2.45) is 0 Å². The molecule has 37 heavy (non-hydrogen) atoms. The molecule has 1 amide bonds. The molecule has 2 aromatic heterocycles. The van der Waals surface area contributed by atoms with Gasteiger partial charge in [0.25, 0.3) is 5.91 Å². The lowest BCUT2D eigenvalue weighted by Crippen LogP contribution is -2.30. The summed E-state index contributed by atoms with van der Waals surface area (Å²) in [7, 11) is 0. The molecule has 0 saturated carbocycles. The van der Waals surface area contributed by atoms with Gasteiger partial charge in [0.2, 0.25) is 0 Å². The Kier molecular flexibility index (Phi) is 6.23. The Labute approximate surface area is 223 Å². The van der Waals surface area contributed by atoms with E-state index in [2.05, 4.69) is 20.9 Å². The van der Waals surface area contributed by atoms with E-state index in [9.17, 15) is 14.0 Å². The van der Waals surface area contributed by atoms with Gasteiger partial charge in [-0.1, -0.05) is 33.3 Å². The predicted octanol–water partition coefficient (Wildman–Crippen LogP) is 5.44. The van der Waals surface area contributed by atoms with Gasteiger partial charge < -0.3 is 14.6 Å². The number of fused-ring (bicyclic) bond motifs is 1. The van der Waals surface area contributed by atoms with Crippen molar-refractivity contribution in [3.8, 4) is 16.9 Å². The summed E-state index contributed by atoms with van der Waals surface area (Å²) in [6, 6.07) is 19.7. The number of carbonyl (C=O) groups is 1. The van der Waals surface area contributed by atoms with Gasteiger partial charge in [-0.3, -0.25) is 9.59 Å². The van der Waals surface area contributed by atoms with Crippen LogP contribution in [0, 0.1) is 5.82 Å². The minimum absolute atomic E-state index is 0.0323. The molecule has 1 saturated heterocycles. The van der Waals surface area contributed by atoms with Crippen LogP contribution in [0.4, 0.5) is 4.39 Å². The molecule has 0 bridgehead atoms. The fourth-order valence-electron chi connectivity index (χ4n) is 4.47. The maximum Gasteiger partial charge on any atom is 0.305 e. The van der Waals surface area contributed by atoms with E-state index in [1.807, 2.05) is 48.7 Å². The molecule has 1 atom stereocenters. The van der Waals surface area contributed by atoms with E-state index < -0.39 is 6.23 Å². The topological polar surface area (TPSA) is 80.2 Å². The first-order valence-corrected chi connectivity index (χ1v) is 13.2. The molecule has 1 fully saturated rings. The molecular weight excluding hydrogens is 559 g/mol. The molecule has 6 rings (SSSR count). The van der Waals surface area contributed by atoms with Crippen molar-refractivity contribution in [3.05, 3.63) is 104 Å². The summed E-state index contributed by atoms with van der Waals surface area (Å²) in [4.78, 5) is 29.0. The van der Waals surface area contributed by atoms with Crippen molar-refractivity contribution in [2.45, 2.75) is 12.6 Å². The number of carbonyl (C=O) groups excluding carboxylic acids is 1. The fourth-order valence-corrected chi connectivity index (χ4v) is 5.54. The number of halogens is 2. The molecule has 10 heteroatoms. The first kappa shape index (κ1) is 23.8. The Morgan fingerprint density at radius 3 is 2.65 bits per heavy atom. The molecule has 7 nitrogen and oxygen atoms in total. The van der Waals surface area contributed by atoms with E-state index in [0.717, 1.165) is 37.1 Å². The standard InChI is InChI=1S/C27H20BrFN4O3S/c28-18-4-8-20(9-5-18)33-14-21(25(31-33)17-2-6-19(29)7-3-17)26-32(24(34)15-36-26)12-11-16-1-10-22-23(13-16)37-27(35)30-22/h1-10,13-14,26H,11-12,15H2,(H,30,35). The molecule has 0 radical (unpaired) electrons. The highest BCUT2D eigenvalue weighted by Gasteiger charge is 2.36. The summed E-state index contributed by atoms with van der Waals surface area (Å²) in [5.41, 5.74) is 4.73. The number of thiazole rings is 1. The Morgan fingerprint density at radius 2 is 1.86 bits per heavy atom. The van der Waals surface area contributed by atoms with Gasteiger partial charge in [0.05, 0.1) is 15.9 Å². The van der Waals surface area contributed by atoms with Crippen LogP contribution in [0.2, 0.25) is 0 Å². The molecule has 1 N–H and O–H groups in total. The quantitative estimate of drug-likeness (QED) is 0.291. The number of aromatic amines is 1. The van der Waals surface area contributed by atoms with Crippen molar-refractivity contribution in [3.63, 3.8) is 0 Å². The molecule has 3 heterocycles. The second kappa shape index (κ2) is 9.70. The third-order valence-electron chi connectivity index (χ3n) is 6.31. The summed E-state index contributed by atoms with van der Waals surface area (Å²) in [6.07, 6.45) is 1.82. The zero-order chi connectivity index (χ0) is 25.5. The number of aromatic nitrogens is 3. The SMILES string of the molecule is O=C1COC(c2cn(-c3ccc(Br)cc3)nc2-c2ccc(F)cc2)N1CCc1ccc2[nH]c(=O)sc2c1. The van der Waals surface area contributed by atoms with Gasteiger partial charge in [-0.2, -0.15) is 5.10 Å². The Morgan fingerprint density at radius 1 is 1.08 bits per heavy atom. The van der Waals surface area contributed by atoms with E-state index in [1.54, 1.807) is 21.7 Å². The highest BCUT2D eigenvalue weighted by atomic mass is 79.9. The first-order chi connectivity index (χ1) is 17.9. The molecule has 0 aliphatic carbocycles. The lowest BCUT2D eigenvalue weighted by atomic mass is 10.1. The number of benzene rings is 3. The number of amides is 1. The molecule has 186 valence electrons. The highest BCUT2D eigenvalue weighted by molar-refractivity contribution is 9.10. The van der Waals surface area contributed by atoms with Crippen LogP contribution in [0.5, 0.6) is 0 Å². The van der Waals surface area contributed by atoms with Crippen LogP contribution in [0.1, 0.15) is 17.4 Å². The van der Waals surface area contributed by atoms with Gasteiger partial charge in [0.1, 0.15) is 18.1 Å². The maximum atomic E-state index is 13.7. The zero-order valence-electron chi connectivity index (χ0n) is 19.4. The monoisotopic (exact) mass is 578 g/mol. The Balaban J connectivity index is 1.34. The van der Waals surface area contributed by atoms with Gasteiger partial charge >= 0.3 is 4.87 Å². The van der Waals surface area contributed by atoms with Crippen LogP contribution >= 0.6 is 27.3 Å². The van der Waals surface area contributed by atoms with Crippen molar-refractivity contribution in [2.75, 3.05) is 13.2 Å². The molecule has 3 aromatic carbocycles. The van der Waals surface area contributed by atoms with Gasteiger partial charge in [-0.25, -0.2) is 9.07 Å². The van der Waals surface area contributed by atoms with Gasteiger partial charge in [0.15, 0.2) is 6.23 Å². The van der Waals surface area contributed by atoms with Gasteiger partial charge in [0, 0.05) is 28.3 Å². The number of H-pyrrole nitrogens is 1. The van der Waals surface area contributed by atoms with Crippen LogP contribution in [-0.2, 0) is 16.0 Å². The number of ether oxygens (including phenoxy) is 1. The third kappa shape index (κ3) is 4.75. The highest BCUT2D eigenvalue weighted by Crippen LogP contribution is 2.35. The number of hydrogen-bond acceptors (Lipinski definition) is 5. The second-order valence-electron chi connectivity index (χ2n) is 8.71. The Bertz CT molecular complexity index is 1660. The molecule has 1 unspecified atom stereocenters. The van der Waals surface area contributed by atoms with Crippen LogP contribution in [0.25, 0.3) is 27.2 Å². The van der Waals surface area contributed by atoms with Crippen LogP contribution in [-0.4, -0.2) is 38.7 Å². The first-order valence-electron chi connectivity index (χ1n) is 11.6. The average Bonchev–Trinajstić information content (AvgIpc) is 3.59. The van der Waals surface area contributed by atoms with E-state index in [1.165, 1.54) is 23.5 Å². The van der Waals surface area contributed by atoms with E-state index in [4.69, 9.17) is 9.84 Å². The predicted molar refractivity (Wildman–Crippen MR) is 143 cm³/mol. The largest absolute Gasteiger partial charge is 0.344 e. The summed E-state index contributed by atoms with van der Waals surface area (Å²) < 4.78 is 23.2. The van der Waals surface area contributed by atoms with E-state index in [0.29, 0.717) is 18.7 Å². The zero-order valence-corrected chi connectivity index (χ0v) is 21.8. The lowest BCUT2D eigenvalue weighted by molar-refractivity contribution is -0.128. The minimum atomic E-state index is -0.635. The maximum absolute atomic E-state index is 13.7. The van der Waals surface area contributed by atoms with Crippen LogP contribution in [0.3, 0.4) is 0 Å². The van der Waals surface area contributed by atoms with E-state index >= 15 is 0 Å².